The van der Waals surface area contributed by atoms with Gasteiger partial charge in [-0.2, -0.15) is 0 Å². The molecule has 0 aliphatic carbocycles. The van der Waals surface area contributed by atoms with E-state index < -0.39 is 0 Å². The normalized spacial score (nSPS) is 10.3. The standard InChI is InChI=1S/C14H14BrNO2/c15-14-12(16)7-4-8-13(14)18-10-17-9-11-5-2-1-3-6-11/h1-8H,9-10,16H2. The van der Waals surface area contributed by atoms with Crippen molar-refractivity contribution in [3.8, 4) is 5.75 Å². The molecule has 0 spiro atoms. The Balaban J connectivity index is 1.81. The molecule has 0 aliphatic rings. The molecule has 0 saturated heterocycles. The van der Waals surface area contributed by atoms with Gasteiger partial charge in [-0.15, -0.1) is 0 Å². The lowest BCUT2D eigenvalue weighted by molar-refractivity contribution is 0.00468. The van der Waals surface area contributed by atoms with E-state index in [0.29, 0.717) is 18.0 Å². The molecule has 0 unspecified atom stereocenters. The summed E-state index contributed by atoms with van der Waals surface area (Å²) in [6, 6.07) is 15.4. The highest BCUT2D eigenvalue weighted by molar-refractivity contribution is 9.10. The predicted octanol–water partition coefficient (Wildman–Crippen LogP) is 3.58. The van der Waals surface area contributed by atoms with E-state index in [1.165, 1.54) is 0 Å². The minimum Gasteiger partial charge on any atom is -0.466 e. The van der Waals surface area contributed by atoms with Crippen LogP contribution < -0.4 is 10.5 Å². The molecule has 4 heteroatoms. The van der Waals surface area contributed by atoms with Crippen LogP contribution in [0.25, 0.3) is 0 Å². The fourth-order valence-corrected chi connectivity index (χ4v) is 1.86. The number of anilines is 1. The highest BCUT2D eigenvalue weighted by Crippen LogP contribution is 2.30. The van der Waals surface area contributed by atoms with Crippen molar-refractivity contribution in [3.63, 3.8) is 0 Å². The van der Waals surface area contributed by atoms with Gasteiger partial charge < -0.3 is 15.2 Å². The van der Waals surface area contributed by atoms with Crippen molar-refractivity contribution in [2.45, 2.75) is 6.61 Å². The van der Waals surface area contributed by atoms with Gasteiger partial charge in [-0.25, -0.2) is 0 Å². The van der Waals surface area contributed by atoms with Crippen molar-refractivity contribution in [2.24, 2.45) is 0 Å². The zero-order valence-electron chi connectivity index (χ0n) is 9.80. The Morgan fingerprint density at radius 1 is 1.00 bits per heavy atom. The Labute approximate surface area is 115 Å². The summed E-state index contributed by atoms with van der Waals surface area (Å²) in [7, 11) is 0. The van der Waals surface area contributed by atoms with Gasteiger partial charge in [0.1, 0.15) is 5.75 Å². The second-order valence-electron chi connectivity index (χ2n) is 3.76. The van der Waals surface area contributed by atoms with Gasteiger partial charge in [-0.1, -0.05) is 36.4 Å². The zero-order chi connectivity index (χ0) is 12.8. The van der Waals surface area contributed by atoms with Gasteiger partial charge in [0.05, 0.1) is 11.1 Å². The second-order valence-corrected chi connectivity index (χ2v) is 4.55. The number of rotatable bonds is 5. The van der Waals surface area contributed by atoms with E-state index in [1.54, 1.807) is 0 Å². The molecule has 18 heavy (non-hydrogen) atoms. The summed E-state index contributed by atoms with van der Waals surface area (Å²) in [5, 5.41) is 0. The first-order valence-electron chi connectivity index (χ1n) is 5.56. The number of halogens is 1. The van der Waals surface area contributed by atoms with E-state index in [0.717, 1.165) is 10.0 Å². The van der Waals surface area contributed by atoms with Gasteiger partial charge in [-0.05, 0) is 33.6 Å². The molecule has 0 atom stereocenters. The van der Waals surface area contributed by atoms with Crippen LogP contribution in [0.2, 0.25) is 0 Å². The van der Waals surface area contributed by atoms with Gasteiger partial charge >= 0.3 is 0 Å². The maximum absolute atomic E-state index is 5.75. The Hall–Kier alpha value is -1.52. The van der Waals surface area contributed by atoms with E-state index in [1.807, 2.05) is 48.5 Å². The highest BCUT2D eigenvalue weighted by atomic mass is 79.9. The van der Waals surface area contributed by atoms with Crippen molar-refractivity contribution in [1.29, 1.82) is 0 Å². The van der Waals surface area contributed by atoms with E-state index in [-0.39, 0.29) is 6.79 Å². The van der Waals surface area contributed by atoms with Crippen molar-refractivity contribution in [1.82, 2.24) is 0 Å². The lowest BCUT2D eigenvalue weighted by Crippen LogP contribution is -2.03. The number of hydrogen-bond acceptors (Lipinski definition) is 3. The molecule has 0 amide bonds. The van der Waals surface area contributed by atoms with Gasteiger partial charge in [0.25, 0.3) is 0 Å². The lowest BCUT2D eigenvalue weighted by atomic mass is 10.2. The smallest absolute Gasteiger partial charge is 0.189 e. The van der Waals surface area contributed by atoms with Gasteiger partial charge in [0.2, 0.25) is 0 Å². The summed E-state index contributed by atoms with van der Waals surface area (Å²) in [6.45, 7) is 0.720. The van der Waals surface area contributed by atoms with Crippen LogP contribution in [0.5, 0.6) is 5.75 Å². The van der Waals surface area contributed by atoms with Crippen LogP contribution in [0.3, 0.4) is 0 Å². The van der Waals surface area contributed by atoms with Crippen LogP contribution >= 0.6 is 15.9 Å². The minimum absolute atomic E-state index is 0.191. The molecule has 2 aromatic rings. The Bertz CT molecular complexity index is 502. The van der Waals surface area contributed by atoms with Gasteiger partial charge in [0, 0.05) is 5.69 Å². The topological polar surface area (TPSA) is 44.5 Å². The average molecular weight is 308 g/mol. The number of ether oxygens (including phenoxy) is 2. The number of nitrogens with two attached hydrogens (primary N) is 1. The van der Waals surface area contributed by atoms with Crippen molar-refractivity contribution in [2.75, 3.05) is 12.5 Å². The summed E-state index contributed by atoms with van der Waals surface area (Å²) in [6.07, 6.45) is 0. The number of nitrogen functional groups attached to an aromatic ring is 1. The Morgan fingerprint density at radius 3 is 2.56 bits per heavy atom. The largest absolute Gasteiger partial charge is 0.466 e. The van der Waals surface area contributed by atoms with Crippen LogP contribution in [-0.4, -0.2) is 6.79 Å². The predicted molar refractivity (Wildman–Crippen MR) is 75.3 cm³/mol. The summed E-state index contributed by atoms with van der Waals surface area (Å²) in [5.74, 6) is 0.683. The number of hydrogen-bond donors (Lipinski definition) is 1. The van der Waals surface area contributed by atoms with Crippen LogP contribution in [0.15, 0.2) is 53.0 Å². The molecule has 0 fully saturated rings. The van der Waals surface area contributed by atoms with Crippen LogP contribution in [0, 0.1) is 0 Å². The highest BCUT2D eigenvalue weighted by Gasteiger charge is 2.03. The molecule has 0 aliphatic heterocycles. The first kappa shape index (κ1) is 12.9. The van der Waals surface area contributed by atoms with E-state index in [4.69, 9.17) is 15.2 Å². The van der Waals surface area contributed by atoms with Crippen molar-refractivity contribution < 1.29 is 9.47 Å². The third-order valence-corrected chi connectivity index (χ3v) is 3.25. The summed E-state index contributed by atoms with van der Waals surface area (Å²) >= 11 is 3.37. The first-order chi connectivity index (χ1) is 8.77. The third kappa shape index (κ3) is 3.48. The summed E-state index contributed by atoms with van der Waals surface area (Å²) < 4.78 is 11.7. The molecule has 0 radical (unpaired) electrons. The monoisotopic (exact) mass is 307 g/mol. The van der Waals surface area contributed by atoms with E-state index in [9.17, 15) is 0 Å². The molecule has 3 nitrogen and oxygen atoms in total. The fraction of sp³-hybridized carbons (Fsp3) is 0.143. The maximum Gasteiger partial charge on any atom is 0.189 e. The van der Waals surface area contributed by atoms with E-state index >= 15 is 0 Å². The molecule has 94 valence electrons. The van der Waals surface area contributed by atoms with Crippen LogP contribution in [0.1, 0.15) is 5.56 Å². The number of benzene rings is 2. The fourth-order valence-electron chi connectivity index (χ4n) is 1.48. The SMILES string of the molecule is Nc1cccc(OCOCc2ccccc2)c1Br. The van der Waals surface area contributed by atoms with Crippen LogP contribution in [-0.2, 0) is 11.3 Å². The summed E-state index contributed by atoms with van der Waals surface area (Å²) in [4.78, 5) is 0. The molecule has 2 aromatic carbocycles. The quantitative estimate of drug-likeness (QED) is 0.521. The van der Waals surface area contributed by atoms with Gasteiger partial charge in [-0.3, -0.25) is 0 Å². The molecule has 0 saturated carbocycles. The summed E-state index contributed by atoms with van der Waals surface area (Å²) in [5.41, 5.74) is 7.52. The Kier molecular flexibility index (Phi) is 4.61. The van der Waals surface area contributed by atoms with Crippen molar-refractivity contribution in [3.05, 3.63) is 58.6 Å². The molecule has 2 N–H and O–H groups in total. The molecule has 0 bridgehead atoms. The zero-order valence-corrected chi connectivity index (χ0v) is 11.4. The average Bonchev–Trinajstić information content (AvgIpc) is 2.40. The van der Waals surface area contributed by atoms with Gasteiger partial charge in [0.15, 0.2) is 6.79 Å². The van der Waals surface area contributed by atoms with Crippen molar-refractivity contribution >= 4 is 21.6 Å². The molecule has 0 aromatic heterocycles. The molecule has 2 rings (SSSR count). The molecular weight excluding hydrogens is 294 g/mol. The maximum atomic E-state index is 5.75. The first-order valence-corrected chi connectivity index (χ1v) is 6.35. The second kappa shape index (κ2) is 6.42. The molecular formula is C14H14BrNO2. The van der Waals surface area contributed by atoms with Crippen LogP contribution in [0.4, 0.5) is 5.69 Å². The minimum atomic E-state index is 0.191. The lowest BCUT2D eigenvalue weighted by Gasteiger charge is -2.10. The van der Waals surface area contributed by atoms with E-state index in [2.05, 4.69) is 15.9 Å². The molecule has 0 heterocycles. The Morgan fingerprint density at radius 2 is 1.78 bits per heavy atom. The third-order valence-electron chi connectivity index (χ3n) is 2.40.